The summed E-state index contributed by atoms with van der Waals surface area (Å²) in [6, 6.07) is 15.5. The van der Waals surface area contributed by atoms with Gasteiger partial charge in [0.1, 0.15) is 6.61 Å². The summed E-state index contributed by atoms with van der Waals surface area (Å²) >= 11 is 0. The zero-order valence-electron chi connectivity index (χ0n) is 16.7. The van der Waals surface area contributed by atoms with Crippen LogP contribution in [0.25, 0.3) is 0 Å². The maximum absolute atomic E-state index is 13.0. The molecule has 148 valence electrons. The normalized spacial score (nSPS) is 13.7. The Morgan fingerprint density at radius 1 is 1.07 bits per heavy atom. The summed E-state index contributed by atoms with van der Waals surface area (Å²) in [5.74, 6) is -0.0470. The number of hydrogen-bond acceptors (Lipinski definition) is 4. The summed E-state index contributed by atoms with van der Waals surface area (Å²) in [4.78, 5) is 30.3. The predicted molar refractivity (Wildman–Crippen MR) is 109 cm³/mol. The molecule has 0 aliphatic carbocycles. The van der Waals surface area contributed by atoms with Crippen molar-refractivity contribution in [2.75, 3.05) is 38.7 Å². The number of rotatable bonds is 7. The molecule has 1 heterocycles. The van der Waals surface area contributed by atoms with Gasteiger partial charge < -0.3 is 14.5 Å². The van der Waals surface area contributed by atoms with Crippen molar-refractivity contribution in [3.05, 3.63) is 65.2 Å². The van der Waals surface area contributed by atoms with Gasteiger partial charge in [-0.15, -0.1) is 0 Å². The van der Waals surface area contributed by atoms with E-state index >= 15 is 0 Å². The van der Waals surface area contributed by atoms with Crippen LogP contribution in [0.15, 0.2) is 48.5 Å². The Morgan fingerprint density at radius 2 is 1.75 bits per heavy atom. The van der Waals surface area contributed by atoms with Crippen molar-refractivity contribution in [2.24, 2.45) is 0 Å². The molecule has 6 nitrogen and oxygen atoms in total. The summed E-state index contributed by atoms with van der Waals surface area (Å²) < 4.78 is 4.99. The van der Waals surface area contributed by atoms with E-state index in [1.165, 1.54) is 5.56 Å². The summed E-state index contributed by atoms with van der Waals surface area (Å²) in [7, 11) is 4.09. The maximum atomic E-state index is 13.0. The highest BCUT2D eigenvalue weighted by molar-refractivity contribution is 5.97. The summed E-state index contributed by atoms with van der Waals surface area (Å²) in [5.41, 5.74) is 3.60. The van der Waals surface area contributed by atoms with Gasteiger partial charge in [-0.2, -0.15) is 0 Å². The van der Waals surface area contributed by atoms with Gasteiger partial charge in [-0.1, -0.05) is 30.3 Å². The van der Waals surface area contributed by atoms with Gasteiger partial charge >= 0.3 is 6.09 Å². The van der Waals surface area contributed by atoms with E-state index in [-0.39, 0.29) is 12.0 Å². The van der Waals surface area contributed by atoms with Crippen LogP contribution >= 0.6 is 0 Å². The van der Waals surface area contributed by atoms with E-state index in [9.17, 15) is 9.59 Å². The monoisotopic (exact) mass is 381 g/mol. The van der Waals surface area contributed by atoms with Crippen molar-refractivity contribution in [3.8, 4) is 0 Å². The van der Waals surface area contributed by atoms with Crippen LogP contribution < -0.4 is 4.90 Å². The average molecular weight is 381 g/mol. The summed E-state index contributed by atoms with van der Waals surface area (Å²) in [6.07, 6.45) is -0.366. The smallest absolute Gasteiger partial charge is 0.414 e. The van der Waals surface area contributed by atoms with Gasteiger partial charge in [-0.3, -0.25) is 9.69 Å². The first-order chi connectivity index (χ1) is 13.5. The van der Waals surface area contributed by atoms with Gasteiger partial charge in [0.25, 0.3) is 5.91 Å². The second-order valence-electron chi connectivity index (χ2n) is 7.19. The molecule has 2 aromatic rings. The molecule has 6 heteroatoms. The maximum Gasteiger partial charge on any atom is 0.414 e. The minimum absolute atomic E-state index is 0.0470. The highest BCUT2D eigenvalue weighted by Gasteiger charge is 2.24. The number of carbonyl (C=O) groups is 2. The molecule has 28 heavy (non-hydrogen) atoms. The van der Waals surface area contributed by atoms with Gasteiger partial charge in [0, 0.05) is 30.9 Å². The third-order valence-electron chi connectivity index (χ3n) is 4.73. The number of carbonyl (C=O) groups excluding carboxylic acids is 2. The molecule has 0 unspecified atom stereocenters. The predicted octanol–water partition coefficient (Wildman–Crippen LogP) is 3.37. The first-order valence-corrected chi connectivity index (χ1v) is 9.54. The lowest BCUT2D eigenvalue weighted by molar-refractivity contribution is 0.0752. The van der Waals surface area contributed by atoms with Gasteiger partial charge in [0.2, 0.25) is 0 Å². The Morgan fingerprint density at radius 3 is 2.32 bits per heavy atom. The highest BCUT2D eigenvalue weighted by atomic mass is 16.6. The Balaban J connectivity index is 1.72. The third-order valence-corrected chi connectivity index (χ3v) is 4.73. The number of ether oxygens (including phenoxy) is 1. The van der Waals surface area contributed by atoms with Crippen molar-refractivity contribution in [1.82, 2.24) is 9.80 Å². The quantitative estimate of drug-likeness (QED) is 0.738. The number of amides is 2. The van der Waals surface area contributed by atoms with Crippen molar-refractivity contribution in [1.29, 1.82) is 0 Å². The molecule has 1 aliphatic heterocycles. The van der Waals surface area contributed by atoms with Crippen molar-refractivity contribution in [2.45, 2.75) is 20.0 Å². The molecule has 0 spiro atoms. The molecule has 0 saturated carbocycles. The fraction of sp³-hybridized carbons (Fsp3) is 0.364. The van der Waals surface area contributed by atoms with Crippen LogP contribution in [0, 0.1) is 0 Å². The second-order valence-corrected chi connectivity index (χ2v) is 7.19. The zero-order valence-corrected chi connectivity index (χ0v) is 16.7. The molecule has 0 N–H and O–H groups in total. The van der Waals surface area contributed by atoms with Gasteiger partial charge in [0.15, 0.2) is 0 Å². The topological polar surface area (TPSA) is 53.1 Å². The van der Waals surface area contributed by atoms with E-state index in [0.29, 0.717) is 37.5 Å². The van der Waals surface area contributed by atoms with Crippen LogP contribution in [0.2, 0.25) is 0 Å². The zero-order chi connectivity index (χ0) is 20.1. The molecule has 1 aliphatic rings. The Bertz CT molecular complexity index is 833. The largest absolute Gasteiger partial charge is 0.447 e. The summed E-state index contributed by atoms with van der Waals surface area (Å²) in [6.45, 7) is 4.90. The van der Waals surface area contributed by atoms with Crippen molar-refractivity contribution in [3.63, 3.8) is 0 Å². The van der Waals surface area contributed by atoms with Crippen LogP contribution in [0.3, 0.4) is 0 Å². The van der Waals surface area contributed by atoms with E-state index in [2.05, 4.69) is 29.2 Å². The molecule has 0 atom stereocenters. The molecule has 0 bridgehead atoms. The van der Waals surface area contributed by atoms with Crippen molar-refractivity contribution < 1.29 is 14.3 Å². The van der Waals surface area contributed by atoms with E-state index in [0.717, 1.165) is 12.1 Å². The molecule has 0 radical (unpaired) electrons. The fourth-order valence-electron chi connectivity index (χ4n) is 3.28. The Hall–Kier alpha value is -2.86. The molecular formula is C22H27N3O3. The molecule has 1 fully saturated rings. The van der Waals surface area contributed by atoms with Crippen LogP contribution in [0.4, 0.5) is 10.5 Å². The lowest BCUT2D eigenvalue weighted by atomic mass is 10.1. The van der Waals surface area contributed by atoms with Crippen LogP contribution in [0.1, 0.15) is 28.4 Å². The second kappa shape index (κ2) is 8.89. The minimum atomic E-state index is -0.366. The van der Waals surface area contributed by atoms with E-state index in [1.54, 1.807) is 23.1 Å². The van der Waals surface area contributed by atoms with Gasteiger partial charge in [-0.05, 0) is 50.3 Å². The Labute approximate surface area is 166 Å². The highest BCUT2D eigenvalue weighted by Crippen LogP contribution is 2.21. The molecule has 2 amide bonds. The van der Waals surface area contributed by atoms with Crippen LogP contribution in [-0.2, 0) is 17.8 Å². The lowest BCUT2D eigenvalue weighted by Crippen LogP contribution is -2.30. The molecule has 3 rings (SSSR count). The van der Waals surface area contributed by atoms with E-state index in [4.69, 9.17) is 4.74 Å². The first-order valence-electron chi connectivity index (χ1n) is 9.54. The Kier molecular flexibility index (Phi) is 6.31. The van der Waals surface area contributed by atoms with Gasteiger partial charge in [0.05, 0.1) is 6.54 Å². The lowest BCUT2D eigenvalue weighted by Gasteiger charge is -2.22. The SMILES string of the molecule is CCN(Cc1ccc(CN(C)C)cc1)C(=O)c1cccc(N2CCOC2=O)c1. The number of anilines is 1. The van der Waals surface area contributed by atoms with E-state index < -0.39 is 0 Å². The van der Waals surface area contributed by atoms with E-state index in [1.807, 2.05) is 32.0 Å². The summed E-state index contributed by atoms with van der Waals surface area (Å²) in [5, 5.41) is 0. The fourth-order valence-corrected chi connectivity index (χ4v) is 3.28. The van der Waals surface area contributed by atoms with Gasteiger partial charge in [-0.25, -0.2) is 4.79 Å². The molecule has 1 saturated heterocycles. The van der Waals surface area contributed by atoms with Crippen molar-refractivity contribution >= 4 is 17.7 Å². The average Bonchev–Trinajstić information content (AvgIpc) is 3.12. The molecule has 0 aromatic heterocycles. The standard InChI is InChI=1S/C22H27N3O3/c1-4-24(16-18-10-8-17(9-11-18)15-23(2)3)21(26)19-6-5-7-20(14-19)25-12-13-28-22(25)27/h5-11,14H,4,12-13,15-16H2,1-3H3. The minimum Gasteiger partial charge on any atom is -0.447 e. The van der Waals surface area contributed by atoms with Crippen LogP contribution in [-0.4, -0.2) is 55.6 Å². The van der Waals surface area contributed by atoms with Crippen LogP contribution in [0.5, 0.6) is 0 Å². The number of nitrogens with zero attached hydrogens (tertiary/aromatic N) is 3. The first kappa shape index (κ1) is 19.9. The number of hydrogen-bond donors (Lipinski definition) is 0. The number of benzene rings is 2. The number of cyclic esters (lactones) is 1. The molecule has 2 aromatic carbocycles. The molecular weight excluding hydrogens is 354 g/mol. The third kappa shape index (κ3) is 4.70.